The lowest BCUT2D eigenvalue weighted by molar-refractivity contribution is 0.0696. The Balaban J connectivity index is 1.68. The lowest BCUT2D eigenvalue weighted by Gasteiger charge is -2.04. The van der Waals surface area contributed by atoms with Crippen LogP contribution in [0, 0.1) is 0 Å². The fourth-order valence-electron chi connectivity index (χ4n) is 2.09. The van der Waals surface area contributed by atoms with E-state index in [0.717, 1.165) is 0 Å². The molecule has 0 saturated carbocycles. The van der Waals surface area contributed by atoms with Crippen molar-refractivity contribution in [2.45, 2.75) is 0 Å². The molecule has 0 radical (unpaired) electrons. The summed E-state index contributed by atoms with van der Waals surface area (Å²) in [7, 11) is 0. The molecule has 0 atom stereocenters. The van der Waals surface area contributed by atoms with Gasteiger partial charge in [-0.1, -0.05) is 18.2 Å². The van der Waals surface area contributed by atoms with Crippen LogP contribution in [0.15, 0.2) is 60.0 Å². The van der Waals surface area contributed by atoms with Crippen molar-refractivity contribution in [1.29, 1.82) is 0 Å². The van der Waals surface area contributed by atoms with E-state index in [9.17, 15) is 14.7 Å². The maximum absolute atomic E-state index is 12.1. The smallest absolute Gasteiger partial charge is 0.335 e. The first-order valence-electron chi connectivity index (χ1n) is 7.69. The number of amides is 1. The van der Waals surface area contributed by atoms with Crippen molar-refractivity contribution >= 4 is 18.1 Å². The average Bonchev–Trinajstić information content (AvgIpc) is 2.69. The molecule has 0 unspecified atom stereocenters. The molecule has 134 valence electrons. The predicted octanol–water partition coefficient (Wildman–Crippen LogP) is 1.71. The molecule has 1 aromatic carbocycles. The van der Waals surface area contributed by atoms with Gasteiger partial charge in [0.05, 0.1) is 11.8 Å². The molecule has 0 aliphatic heterocycles. The molecule has 0 saturated heterocycles. The normalized spacial score (nSPS) is 10.7. The van der Waals surface area contributed by atoms with E-state index in [1.807, 2.05) is 0 Å². The van der Waals surface area contributed by atoms with E-state index < -0.39 is 17.8 Å². The summed E-state index contributed by atoms with van der Waals surface area (Å²) in [5, 5.41) is 22.6. The average molecular weight is 363 g/mol. The molecule has 27 heavy (non-hydrogen) atoms. The molecule has 0 fully saturated rings. The lowest BCUT2D eigenvalue weighted by atomic mass is 10.1. The first kappa shape index (κ1) is 17.7. The van der Waals surface area contributed by atoms with Crippen molar-refractivity contribution in [3.63, 3.8) is 0 Å². The molecule has 1 amide bonds. The van der Waals surface area contributed by atoms with Gasteiger partial charge < -0.3 is 10.2 Å². The standard InChI is InChI=1S/C18H13N5O4/c24-16-13(10-20-15(22-16)14-3-1-2-8-19-14)17(25)23-21-9-11-4-6-12(7-5-11)18(26)27/h1-10H,(H,23,25)(H,26,27)(H,20,22,24). The largest absolute Gasteiger partial charge is 0.493 e. The van der Waals surface area contributed by atoms with Crippen LogP contribution in [0.2, 0.25) is 0 Å². The van der Waals surface area contributed by atoms with Gasteiger partial charge in [-0.15, -0.1) is 0 Å². The molecule has 2 heterocycles. The number of aromatic nitrogens is 3. The van der Waals surface area contributed by atoms with E-state index in [-0.39, 0.29) is 17.0 Å². The number of nitrogens with one attached hydrogen (secondary N) is 1. The Morgan fingerprint density at radius 1 is 1.07 bits per heavy atom. The zero-order chi connectivity index (χ0) is 19.2. The van der Waals surface area contributed by atoms with E-state index in [2.05, 4.69) is 25.5 Å². The van der Waals surface area contributed by atoms with E-state index in [1.54, 1.807) is 36.5 Å². The molecule has 3 rings (SSSR count). The van der Waals surface area contributed by atoms with Gasteiger partial charge in [0, 0.05) is 12.4 Å². The van der Waals surface area contributed by atoms with E-state index >= 15 is 0 Å². The van der Waals surface area contributed by atoms with Gasteiger partial charge in [0.25, 0.3) is 5.91 Å². The Hall–Kier alpha value is -4.14. The van der Waals surface area contributed by atoms with Crippen LogP contribution < -0.4 is 5.43 Å². The van der Waals surface area contributed by atoms with E-state index in [0.29, 0.717) is 11.3 Å². The van der Waals surface area contributed by atoms with Crippen LogP contribution in [0.1, 0.15) is 26.3 Å². The second-order valence-electron chi connectivity index (χ2n) is 5.27. The molecule has 9 heteroatoms. The molecule has 0 bridgehead atoms. The summed E-state index contributed by atoms with van der Waals surface area (Å²) in [6.45, 7) is 0. The number of carbonyl (C=O) groups excluding carboxylic acids is 1. The number of rotatable bonds is 5. The number of carbonyl (C=O) groups is 2. The molecule has 0 aliphatic rings. The fourth-order valence-corrected chi connectivity index (χ4v) is 2.09. The maximum Gasteiger partial charge on any atom is 0.335 e. The van der Waals surface area contributed by atoms with Gasteiger partial charge in [-0.25, -0.2) is 15.2 Å². The highest BCUT2D eigenvalue weighted by Crippen LogP contribution is 2.18. The van der Waals surface area contributed by atoms with Gasteiger partial charge in [-0.05, 0) is 29.8 Å². The van der Waals surface area contributed by atoms with Crippen LogP contribution in [-0.4, -0.2) is 43.3 Å². The fraction of sp³-hybridized carbons (Fsp3) is 0. The SMILES string of the molecule is O=C(O)c1ccc(C=NNC(=O)c2cnc(-c3ccccn3)nc2O)cc1. The number of hydrazone groups is 1. The Bertz CT molecular complexity index is 1000. The summed E-state index contributed by atoms with van der Waals surface area (Å²) in [5.41, 5.74) is 3.29. The van der Waals surface area contributed by atoms with Crippen molar-refractivity contribution in [2.75, 3.05) is 0 Å². The van der Waals surface area contributed by atoms with Crippen LogP contribution in [0.5, 0.6) is 5.88 Å². The van der Waals surface area contributed by atoms with Gasteiger partial charge in [0.2, 0.25) is 5.88 Å². The minimum Gasteiger partial charge on any atom is -0.493 e. The first-order valence-corrected chi connectivity index (χ1v) is 7.69. The minimum atomic E-state index is -1.03. The van der Waals surface area contributed by atoms with Gasteiger partial charge in [-0.3, -0.25) is 9.78 Å². The number of aromatic hydroxyl groups is 1. The molecule has 0 aliphatic carbocycles. The van der Waals surface area contributed by atoms with Crippen molar-refractivity contribution < 1.29 is 19.8 Å². The molecule has 9 nitrogen and oxygen atoms in total. The maximum atomic E-state index is 12.1. The highest BCUT2D eigenvalue weighted by atomic mass is 16.4. The zero-order valence-corrected chi connectivity index (χ0v) is 13.8. The summed E-state index contributed by atoms with van der Waals surface area (Å²) in [6, 6.07) is 11.1. The van der Waals surface area contributed by atoms with Crippen molar-refractivity contribution in [3.05, 3.63) is 71.5 Å². The number of carboxylic acids is 1. The molecular weight excluding hydrogens is 350 g/mol. The molecule has 3 aromatic rings. The van der Waals surface area contributed by atoms with Gasteiger partial charge in [-0.2, -0.15) is 10.1 Å². The Kier molecular flexibility index (Phi) is 5.12. The van der Waals surface area contributed by atoms with E-state index in [4.69, 9.17) is 5.11 Å². The summed E-state index contributed by atoms with van der Waals surface area (Å²) in [4.78, 5) is 34.8. The quantitative estimate of drug-likeness (QED) is 0.463. The number of hydrogen-bond acceptors (Lipinski definition) is 7. The summed E-state index contributed by atoms with van der Waals surface area (Å²) >= 11 is 0. The third kappa shape index (κ3) is 4.28. The van der Waals surface area contributed by atoms with Crippen LogP contribution in [0.3, 0.4) is 0 Å². The Morgan fingerprint density at radius 2 is 1.85 bits per heavy atom. The molecule has 2 aromatic heterocycles. The van der Waals surface area contributed by atoms with E-state index in [1.165, 1.54) is 24.5 Å². The molecule has 3 N–H and O–H groups in total. The highest BCUT2D eigenvalue weighted by Gasteiger charge is 2.14. The molecular formula is C18H13N5O4. The van der Waals surface area contributed by atoms with Crippen molar-refractivity contribution in [1.82, 2.24) is 20.4 Å². The summed E-state index contributed by atoms with van der Waals surface area (Å²) < 4.78 is 0. The third-order valence-electron chi connectivity index (χ3n) is 3.44. The molecule has 0 spiro atoms. The number of benzene rings is 1. The Morgan fingerprint density at radius 3 is 2.48 bits per heavy atom. The van der Waals surface area contributed by atoms with Gasteiger partial charge >= 0.3 is 5.97 Å². The second kappa shape index (κ2) is 7.83. The van der Waals surface area contributed by atoms with Crippen molar-refractivity contribution in [3.8, 4) is 17.4 Å². The van der Waals surface area contributed by atoms with Crippen LogP contribution >= 0.6 is 0 Å². The monoisotopic (exact) mass is 363 g/mol. The van der Waals surface area contributed by atoms with Crippen molar-refractivity contribution in [2.24, 2.45) is 5.10 Å². The summed E-state index contributed by atoms with van der Waals surface area (Å²) in [6.07, 6.45) is 4.08. The second-order valence-corrected chi connectivity index (χ2v) is 5.27. The number of hydrogen-bond donors (Lipinski definition) is 3. The number of aromatic carboxylic acids is 1. The highest BCUT2D eigenvalue weighted by molar-refractivity contribution is 5.96. The van der Waals surface area contributed by atoms with Crippen LogP contribution in [0.25, 0.3) is 11.5 Å². The Labute approximate surface area is 153 Å². The number of pyridine rings is 1. The third-order valence-corrected chi connectivity index (χ3v) is 3.44. The van der Waals surface area contributed by atoms with Crippen LogP contribution in [-0.2, 0) is 0 Å². The lowest BCUT2D eigenvalue weighted by Crippen LogP contribution is -2.18. The minimum absolute atomic E-state index is 0.145. The summed E-state index contributed by atoms with van der Waals surface area (Å²) in [5.74, 6) is -2.04. The number of nitrogens with zero attached hydrogens (tertiary/aromatic N) is 4. The number of carboxylic acid groups (broad SMARTS) is 1. The van der Waals surface area contributed by atoms with Gasteiger partial charge in [0.15, 0.2) is 5.82 Å². The van der Waals surface area contributed by atoms with Gasteiger partial charge in [0.1, 0.15) is 11.3 Å². The first-order chi connectivity index (χ1) is 13.0. The zero-order valence-electron chi connectivity index (χ0n) is 13.8. The van der Waals surface area contributed by atoms with Crippen LogP contribution in [0.4, 0.5) is 0 Å². The topological polar surface area (TPSA) is 138 Å². The predicted molar refractivity (Wildman–Crippen MR) is 95.4 cm³/mol.